The molecule has 9 heteroatoms. The fraction of sp³-hybridized carbons (Fsp3) is 0.625. The molecule has 7 nitrogen and oxygen atoms in total. The quantitative estimate of drug-likeness (QED) is 0.251. The molecule has 2 rings (SSSR count). The van der Waals surface area contributed by atoms with Gasteiger partial charge in [0.05, 0.1) is 10.7 Å². The third kappa shape index (κ3) is 8.13. The van der Waals surface area contributed by atoms with Gasteiger partial charge in [-0.3, -0.25) is 4.99 Å². The van der Waals surface area contributed by atoms with Gasteiger partial charge in [-0.1, -0.05) is 0 Å². The number of guanidine groups is 1. The number of aryl methyl sites for hydroxylation is 3. The first-order valence-electron chi connectivity index (χ1n) is 8.46. The molecule has 0 spiro atoms. The van der Waals surface area contributed by atoms with Crippen molar-refractivity contribution in [1.82, 2.24) is 30.4 Å². The second-order valence-corrected chi connectivity index (χ2v) is 6.88. The number of hydrogen-bond acceptors (Lipinski definition) is 5. The van der Waals surface area contributed by atoms with Crippen LogP contribution in [0.15, 0.2) is 17.6 Å². The molecule has 0 saturated carbocycles. The molecule has 0 amide bonds. The Bertz CT molecular complexity index is 605. The number of rotatable bonds is 9. The number of thiazole rings is 1. The van der Waals surface area contributed by atoms with Gasteiger partial charge in [-0.15, -0.1) is 45.5 Å². The molecule has 2 heterocycles. The molecule has 0 saturated heterocycles. The van der Waals surface area contributed by atoms with Crippen LogP contribution in [0.3, 0.4) is 0 Å². The Labute approximate surface area is 170 Å². The lowest BCUT2D eigenvalue weighted by Crippen LogP contribution is -2.38. The lowest BCUT2D eigenvalue weighted by atomic mass is 10.3. The van der Waals surface area contributed by atoms with Crippen molar-refractivity contribution in [3.8, 4) is 0 Å². The van der Waals surface area contributed by atoms with Gasteiger partial charge in [0.15, 0.2) is 5.96 Å². The Morgan fingerprint density at radius 2 is 1.96 bits per heavy atom. The van der Waals surface area contributed by atoms with Crippen molar-refractivity contribution < 1.29 is 0 Å². The largest absolute Gasteiger partial charge is 0.357 e. The summed E-state index contributed by atoms with van der Waals surface area (Å²) >= 11 is 1.78. The molecular weight excluding hydrogens is 449 g/mol. The fourth-order valence-electron chi connectivity index (χ4n) is 2.21. The van der Waals surface area contributed by atoms with Crippen LogP contribution < -0.4 is 10.6 Å². The summed E-state index contributed by atoms with van der Waals surface area (Å²) in [6.45, 7) is 9.73. The molecule has 0 atom stereocenters. The van der Waals surface area contributed by atoms with Gasteiger partial charge in [-0.25, -0.2) is 4.98 Å². The van der Waals surface area contributed by atoms with Crippen molar-refractivity contribution in [2.24, 2.45) is 4.99 Å². The molecule has 0 aliphatic rings. The number of nitrogens with one attached hydrogen (secondary N) is 2. The zero-order chi connectivity index (χ0) is 17.2. The maximum Gasteiger partial charge on any atom is 0.191 e. The third-order valence-corrected chi connectivity index (χ3v) is 4.74. The Morgan fingerprint density at radius 3 is 2.60 bits per heavy atom. The van der Waals surface area contributed by atoms with E-state index in [4.69, 9.17) is 0 Å². The van der Waals surface area contributed by atoms with Crippen LogP contribution in [0, 0.1) is 13.8 Å². The predicted molar refractivity (Wildman–Crippen MR) is 114 cm³/mol. The van der Waals surface area contributed by atoms with E-state index in [-0.39, 0.29) is 24.0 Å². The van der Waals surface area contributed by atoms with E-state index >= 15 is 0 Å². The summed E-state index contributed by atoms with van der Waals surface area (Å²) in [5, 5.41) is 15.5. The van der Waals surface area contributed by atoms with E-state index < -0.39 is 0 Å². The van der Waals surface area contributed by atoms with Crippen LogP contribution in [0.25, 0.3) is 0 Å². The van der Waals surface area contributed by atoms with Crippen molar-refractivity contribution in [2.75, 3.05) is 19.6 Å². The molecule has 0 unspecified atom stereocenters. The molecule has 0 radical (unpaired) electrons. The molecule has 2 aromatic rings. The Morgan fingerprint density at radius 1 is 1.20 bits per heavy atom. The Hall–Kier alpha value is -1.23. The minimum atomic E-state index is 0. The second-order valence-electron chi connectivity index (χ2n) is 5.59. The van der Waals surface area contributed by atoms with Gasteiger partial charge in [0.25, 0.3) is 0 Å². The average Bonchev–Trinajstić information content (AvgIpc) is 3.17. The molecule has 2 N–H and O–H groups in total. The van der Waals surface area contributed by atoms with E-state index in [1.807, 2.05) is 4.57 Å². The third-order valence-electron chi connectivity index (χ3n) is 3.61. The van der Waals surface area contributed by atoms with Gasteiger partial charge in [0.2, 0.25) is 0 Å². The standard InChI is InChI=1S/C16H27N7S.HI/c1-4-17-16(18-8-5-6-10-23-11-20-21-12-23)19-9-7-15-22-13(2)14(3)24-15;/h11-12H,4-10H2,1-3H3,(H2,17,18,19);1H. The van der Waals surface area contributed by atoms with E-state index in [0.717, 1.165) is 57.1 Å². The molecule has 25 heavy (non-hydrogen) atoms. The highest BCUT2D eigenvalue weighted by Gasteiger charge is 2.04. The van der Waals surface area contributed by atoms with Crippen LogP contribution in [0.2, 0.25) is 0 Å². The summed E-state index contributed by atoms with van der Waals surface area (Å²) in [5.74, 6) is 0.881. The predicted octanol–water partition coefficient (Wildman–Crippen LogP) is 2.55. The maximum atomic E-state index is 4.62. The van der Waals surface area contributed by atoms with Crippen LogP contribution >= 0.6 is 35.3 Å². The molecule has 140 valence electrons. The minimum Gasteiger partial charge on any atom is -0.357 e. The van der Waals surface area contributed by atoms with Gasteiger partial charge < -0.3 is 15.2 Å². The Balaban J connectivity index is 0.00000312. The lowest BCUT2D eigenvalue weighted by Gasteiger charge is -2.10. The molecule has 2 aromatic heterocycles. The summed E-state index contributed by atoms with van der Waals surface area (Å²) in [7, 11) is 0. The van der Waals surface area contributed by atoms with Gasteiger partial charge in [-0.2, -0.15) is 0 Å². The first-order chi connectivity index (χ1) is 11.7. The summed E-state index contributed by atoms with van der Waals surface area (Å²) in [6, 6.07) is 0. The number of nitrogens with zero attached hydrogens (tertiary/aromatic N) is 5. The fourth-order valence-corrected chi connectivity index (χ4v) is 3.14. The SMILES string of the molecule is CCNC(=NCCCCn1cnnc1)NCCc1nc(C)c(C)s1.I. The number of hydrogen-bond donors (Lipinski definition) is 2. The van der Waals surface area contributed by atoms with E-state index in [1.54, 1.807) is 24.0 Å². The van der Waals surface area contributed by atoms with Crippen molar-refractivity contribution >= 4 is 41.3 Å². The highest BCUT2D eigenvalue weighted by atomic mass is 127. The molecule has 0 bridgehead atoms. The van der Waals surface area contributed by atoms with Gasteiger partial charge >= 0.3 is 0 Å². The van der Waals surface area contributed by atoms with E-state index in [9.17, 15) is 0 Å². The van der Waals surface area contributed by atoms with E-state index in [1.165, 1.54) is 9.88 Å². The van der Waals surface area contributed by atoms with E-state index in [0.29, 0.717) is 0 Å². The second kappa shape index (κ2) is 12.2. The van der Waals surface area contributed by atoms with Crippen LogP contribution in [-0.4, -0.2) is 45.3 Å². The van der Waals surface area contributed by atoms with Crippen LogP contribution in [-0.2, 0) is 13.0 Å². The van der Waals surface area contributed by atoms with Crippen LogP contribution in [0.5, 0.6) is 0 Å². The summed E-state index contributed by atoms with van der Waals surface area (Å²) < 4.78 is 1.99. The summed E-state index contributed by atoms with van der Waals surface area (Å²) in [6.07, 6.45) is 6.53. The maximum absolute atomic E-state index is 4.62. The molecule has 0 fully saturated rings. The highest BCUT2D eigenvalue weighted by Crippen LogP contribution is 2.16. The van der Waals surface area contributed by atoms with Crippen molar-refractivity contribution in [2.45, 2.75) is 46.6 Å². The number of halogens is 1. The average molecular weight is 477 g/mol. The van der Waals surface area contributed by atoms with Crippen LogP contribution in [0.4, 0.5) is 0 Å². The zero-order valence-electron chi connectivity index (χ0n) is 15.2. The van der Waals surface area contributed by atoms with Crippen molar-refractivity contribution in [3.05, 3.63) is 28.2 Å². The highest BCUT2D eigenvalue weighted by molar-refractivity contribution is 14.0. The van der Waals surface area contributed by atoms with Crippen LogP contribution in [0.1, 0.15) is 35.3 Å². The van der Waals surface area contributed by atoms with Crippen molar-refractivity contribution in [3.63, 3.8) is 0 Å². The van der Waals surface area contributed by atoms with Crippen molar-refractivity contribution in [1.29, 1.82) is 0 Å². The smallest absolute Gasteiger partial charge is 0.191 e. The molecular formula is C16H28IN7S. The minimum absolute atomic E-state index is 0. The molecule has 0 aliphatic carbocycles. The first kappa shape index (κ1) is 21.8. The molecule has 0 aromatic carbocycles. The first-order valence-corrected chi connectivity index (χ1v) is 9.28. The zero-order valence-corrected chi connectivity index (χ0v) is 18.3. The summed E-state index contributed by atoms with van der Waals surface area (Å²) in [4.78, 5) is 10.5. The van der Waals surface area contributed by atoms with Gasteiger partial charge in [-0.05, 0) is 33.6 Å². The topological polar surface area (TPSA) is 80.0 Å². The van der Waals surface area contributed by atoms with E-state index in [2.05, 4.69) is 51.6 Å². The summed E-state index contributed by atoms with van der Waals surface area (Å²) in [5.41, 5.74) is 1.14. The number of aliphatic imine (C=N–C) groups is 1. The molecule has 0 aliphatic heterocycles. The van der Waals surface area contributed by atoms with Gasteiger partial charge in [0.1, 0.15) is 12.7 Å². The monoisotopic (exact) mass is 477 g/mol. The number of aromatic nitrogens is 4. The lowest BCUT2D eigenvalue weighted by molar-refractivity contribution is 0.611. The van der Waals surface area contributed by atoms with Gasteiger partial charge in [0, 0.05) is 37.5 Å². The normalized spacial score (nSPS) is 11.2. The number of unbranched alkanes of at least 4 members (excludes halogenated alkanes) is 1. The Kier molecular flexibility index (Phi) is 10.6.